The third-order valence-electron chi connectivity index (χ3n) is 4.79. The van der Waals surface area contributed by atoms with Crippen LogP contribution in [0, 0.1) is 0 Å². The van der Waals surface area contributed by atoms with Gasteiger partial charge in [0.15, 0.2) is 5.78 Å². The average Bonchev–Trinajstić information content (AvgIpc) is 2.88. The highest BCUT2D eigenvalue weighted by Gasteiger charge is 2.17. The summed E-state index contributed by atoms with van der Waals surface area (Å²) in [5.74, 6) is 0.250. The number of aromatic carboxylic acids is 1. The van der Waals surface area contributed by atoms with Crippen LogP contribution in [0.25, 0.3) is 0 Å². The molecule has 4 aromatic rings. The van der Waals surface area contributed by atoms with Gasteiger partial charge in [0, 0.05) is 14.5 Å². The Bertz CT molecular complexity index is 1390. The molecule has 0 aromatic heterocycles. The molecule has 5 nitrogen and oxygen atoms in total. The second-order valence-corrected chi connectivity index (χ2v) is 10.8. The van der Waals surface area contributed by atoms with Crippen LogP contribution in [-0.4, -0.2) is 31.1 Å². The molecule has 4 rings (SSSR count). The lowest BCUT2D eigenvalue weighted by Gasteiger charge is -2.07. The summed E-state index contributed by atoms with van der Waals surface area (Å²) >= 11 is 29.8. The van der Waals surface area contributed by atoms with E-state index in [1.807, 2.05) is 30.3 Å². The third kappa shape index (κ3) is 10.0. The van der Waals surface area contributed by atoms with E-state index in [-0.39, 0.29) is 21.4 Å². The highest BCUT2D eigenvalue weighted by Crippen LogP contribution is 2.31. The van der Waals surface area contributed by atoms with Crippen LogP contribution in [-0.2, 0) is 0 Å². The fourth-order valence-electron chi connectivity index (χ4n) is 2.95. The summed E-state index contributed by atoms with van der Waals surface area (Å²) in [7, 11) is 3.23. The molecule has 0 heterocycles. The quantitative estimate of drug-likeness (QED) is 0.207. The van der Waals surface area contributed by atoms with Crippen LogP contribution in [0.3, 0.4) is 0 Å². The van der Waals surface area contributed by atoms with Crippen molar-refractivity contribution in [2.45, 2.75) is 0 Å². The highest BCUT2D eigenvalue weighted by molar-refractivity contribution is 9.10. The number of para-hydroxylation sites is 1. The largest absolute Gasteiger partial charge is 0.497 e. The second kappa shape index (κ2) is 16.1. The van der Waals surface area contributed by atoms with Gasteiger partial charge in [-0.25, -0.2) is 4.79 Å². The lowest BCUT2D eigenvalue weighted by atomic mass is 10.0. The van der Waals surface area contributed by atoms with Crippen molar-refractivity contribution in [3.8, 4) is 11.5 Å². The number of benzene rings is 4. The molecule has 0 fully saturated rings. The number of halogens is 6. The fraction of sp³-hybridized carbons (Fsp3) is 0.0714. The van der Waals surface area contributed by atoms with Gasteiger partial charge in [-0.05, 0) is 60.7 Å². The zero-order chi connectivity index (χ0) is 29.1. The number of carbonyl (C=O) groups is 2. The van der Waals surface area contributed by atoms with Gasteiger partial charge < -0.3 is 14.6 Å². The van der Waals surface area contributed by atoms with Crippen molar-refractivity contribution in [3.05, 3.63) is 125 Å². The summed E-state index contributed by atoms with van der Waals surface area (Å²) in [5, 5.41) is 9.55. The van der Waals surface area contributed by atoms with Crippen molar-refractivity contribution in [3.63, 3.8) is 0 Å². The molecule has 11 heteroatoms. The zero-order valence-electron chi connectivity index (χ0n) is 20.4. The Hall–Kier alpha value is -2.26. The van der Waals surface area contributed by atoms with Crippen LogP contribution in [0.2, 0.25) is 20.1 Å². The minimum atomic E-state index is -1.13. The number of methoxy groups -OCH3 is 2. The van der Waals surface area contributed by atoms with Crippen LogP contribution in [0.15, 0.2) is 87.8 Å². The number of rotatable bonds is 5. The number of hydrogen-bond acceptors (Lipinski definition) is 4. The molecule has 0 bridgehead atoms. The van der Waals surface area contributed by atoms with Crippen molar-refractivity contribution in [1.29, 1.82) is 0 Å². The van der Waals surface area contributed by atoms with Crippen molar-refractivity contribution in [1.82, 2.24) is 0 Å². The van der Waals surface area contributed by atoms with E-state index in [1.165, 1.54) is 12.1 Å². The van der Waals surface area contributed by atoms with Crippen molar-refractivity contribution in [2.24, 2.45) is 0 Å². The van der Waals surface area contributed by atoms with E-state index in [1.54, 1.807) is 50.6 Å². The molecule has 0 unspecified atom stereocenters. The molecule has 0 aliphatic carbocycles. The normalized spacial score (nSPS) is 9.85. The summed E-state index contributed by atoms with van der Waals surface area (Å²) in [6, 6.07) is 22.7. The van der Waals surface area contributed by atoms with E-state index in [9.17, 15) is 9.59 Å². The number of ether oxygens (including phenoxy) is 2. The molecule has 0 saturated carbocycles. The van der Waals surface area contributed by atoms with E-state index >= 15 is 0 Å². The Labute approximate surface area is 262 Å². The maximum atomic E-state index is 12.4. The van der Waals surface area contributed by atoms with Crippen LogP contribution >= 0.6 is 78.3 Å². The van der Waals surface area contributed by atoms with Crippen LogP contribution in [0.5, 0.6) is 11.5 Å². The maximum Gasteiger partial charge on any atom is 0.338 e. The van der Waals surface area contributed by atoms with E-state index in [4.69, 9.17) is 61.0 Å². The highest BCUT2D eigenvalue weighted by atomic mass is 79.9. The van der Waals surface area contributed by atoms with E-state index in [2.05, 4.69) is 31.9 Å². The Balaban J connectivity index is 0.000000227. The minimum absolute atomic E-state index is 0.0680. The summed E-state index contributed by atoms with van der Waals surface area (Å²) < 4.78 is 11.3. The van der Waals surface area contributed by atoms with E-state index in [0.717, 1.165) is 10.2 Å². The molecule has 0 radical (unpaired) electrons. The predicted molar refractivity (Wildman–Crippen MR) is 165 cm³/mol. The number of carboxylic acids is 1. The predicted octanol–water partition coefficient (Wildman–Crippen LogP) is 10.1. The van der Waals surface area contributed by atoms with Gasteiger partial charge in [0.2, 0.25) is 0 Å². The van der Waals surface area contributed by atoms with Gasteiger partial charge >= 0.3 is 5.97 Å². The molecule has 0 aliphatic rings. The minimum Gasteiger partial charge on any atom is -0.497 e. The van der Waals surface area contributed by atoms with Crippen LogP contribution in [0.4, 0.5) is 0 Å². The van der Waals surface area contributed by atoms with Gasteiger partial charge in [-0.3, -0.25) is 4.79 Å². The van der Waals surface area contributed by atoms with Gasteiger partial charge in [0.05, 0.1) is 45.4 Å². The molecule has 1 N–H and O–H groups in total. The molecule has 0 spiro atoms. The first-order valence-electron chi connectivity index (χ1n) is 10.8. The smallest absolute Gasteiger partial charge is 0.338 e. The van der Waals surface area contributed by atoms with Crippen LogP contribution < -0.4 is 9.47 Å². The monoisotopic (exact) mass is 734 g/mol. The zero-order valence-corrected chi connectivity index (χ0v) is 26.5. The summed E-state index contributed by atoms with van der Waals surface area (Å²) in [6.07, 6.45) is 0. The van der Waals surface area contributed by atoms with Gasteiger partial charge in [0.25, 0.3) is 0 Å². The average molecular weight is 738 g/mol. The Morgan fingerprint density at radius 2 is 1.03 bits per heavy atom. The van der Waals surface area contributed by atoms with Crippen LogP contribution in [0.1, 0.15) is 26.3 Å². The standard InChI is InChI=1S/C14H9BrCl2O2.C7H3BrCl2O2.C7H8O/c1-19-10-4-2-8(3-5-10)14(18)13-11(16)6-9(15)7-12(13)17;8-3-1-4(9)6(7(11)12)5(10)2-3;1-8-7-5-3-2-4-6-7/h2-7H,1H3;1-2H,(H,11,12);2-6H,1H3. The first-order chi connectivity index (χ1) is 18.5. The SMILES string of the molecule is COc1ccc(C(=O)c2c(Cl)cc(Br)cc2Cl)cc1.COc1ccccc1.O=C(O)c1c(Cl)cc(Br)cc1Cl. The van der Waals surface area contributed by atoms with E-state index in [0.29, 0.717) is 31.4 Å². The number of ketones is 1. The molecule has 0 amide bonds. The number of carbonyl (C=O) groups excluding carboxylic acids is 1. The van der Waals surface area contributed by atoms with Gasteiger partial charge in [-0.15, -0.1) is 0 Å². The Morgan fingerprint density at radius 1 is 0.641 bits per heavy atom. The number of hydrogen-bond donors (Lipinski definition) is 1. The molecule has 204 valence electrons. The maximum absolute atomic E-state index is 12.4. The first-order valence-corrected chi connectivity index (χ1v) is 13.9. The first kappa shape index (κ1) is 32.9. The summed E-state index contributed by atoms with van der Waals surface area (Å²) in [5.41, 5.74) is 0.741. The molecule has 0 aliphatic heterocycles. The summed E-state index contributed by atoms with van der Waals surface area (Å²) in [4.78, 5) is 22.9. The van der Waals surface area contributed by atoms with Crippen molar-refractivity contribution in [2.75, 3.05) is 14.2 Å². The fourth-order valence-corrected chi connectivity index (χ4v) is 5.70. The van der Waals surface area contributed by atoms with Crippen molar-refractivity contribution < 1.29 is 24.2 Å². The second-order valence-electron chi connectivity index (χ2n) is 7.37. The molecule has 0 saturated heterocycles. The molecule has 0 atom stereocenters. The lowest BCUT2D eigenvalue weighted by molar-refractivity contribution is 0.0697. The van der Waals surface area contributed by atoms with E-state index < -0.39 is 5.97 Å². The molecule has 39 heavy (non-hydrogen) atoms. The third-order valence-corrected chi connectivity index (χ3v) is 6.89. The summed E-state index contributed by atoms with van der Waals surface area (Å²) in [6.45, 7) is 0. The van der Waals surface area contributed by atoms with Gasteiger partial charge in [0.1, 0.15) is 11.5 Å². The van der Waals surface area contributed by atoms with Gasteiger partial charge in [-0.1, -0.05) is 96.5 Å². The van der Waals surface area contributed by atoms with Crippen molar-refractivity contribution >= 4 is 90.0 Å². The number of carboxylic acid groups (broad SMARTS) is 1. The Morgan fingerprint density at radius 3 is 1.38 bits per heavy atom. The molecular formula is C28H20Br2Cl4O5. The molecular weight excluding hydrogens is 718 g/mol. The van der Waals surface area contributed by atoms with Gasteiger partial charge in [-0.2, -0.15) is 0 Å². The Kier molecular flexibility index (Phi) is 13.6. The lowest BCUT2D eigenvalue weighted by Crippen LogP contribution is -2.03. The molecule has 4 aromatic carbocycles. The topological polar surface area (TPSA) is 72.8 Å².